The van der Waals surface area contributed by atoms with Gasteiger partial charge in [0.2, 0.25) is 0 Å². The molecule has 0 atom stereocenters. The van der Waals surface area contributed by atoms with E-state index in [4.69, 9.17) is 0 Å². The molecule has 49 heavy (non-hydrogen) atoms. The van der Waals surface area contributed by atoms with Crippen LogP contribution in [0.25, 0.3) is 73.4 Å². The molecule has 0 N–H and O–H groups in total. The SMILES string of the molecule is c1cc(-c2ccc(N(c3cccc4c3sc3ccccc34)c3cccc4c3sc3ccccc34)cc2)cc(-c2cccc3ccccc23)c1. The standard InChI is InChI=1S/C46H29NS2/c1-2-15-35-31(11-1)12-8-18-36(35)33-14-7-13-32(29-33)30-25-27-34(28-26-30)47(41-21-9-19-39-37-16-3-5-23-43(37)48-45(39)41)42-22-10-20-40-38-17-4-6-24-44(38)49-46(40)42/h1-29H. The van der Waals surface area contributed by atoms with Crippen molar-refractivity contribution in [3.63, 3.8) is 0 Å². The van der Waals surface area contributed by atoms with E-state index in [1.165, 1.54) is 84.7 Å². The van der Waals surface area contributed by atoms with Crippen LogP contribution in [-0.2, 0) is 0 Å². The highest BCUT2D eigenvalue weighted by Crippen LogP contribution is 2.49. The highest BCUT2D eigenvalue weighted by Gasteiger charge is 2.21. The average molecular weight is 660 g/mol. The lowest BCUT2D eigenvalue weighted by Crippen LogP contribution is -2.10. The predicted molar refractivity (Wildman–Crippen MR) is 215 cm³/mol. The first-order valence-electron chi connectivity index (χ1n) is 16.6. The predicted octanol–water partition coefficient (Wildman–Crippen LogP) is 14.4. The Morgan fingerprint density at radius 2 is 0.857 bits per heavy atom. The molecule has 1 nitrogen and oxygen atoms in total. The summed E-state index contributed by atoms with van der Waals surface area (Å²) >= 11 is 3.76. The Hall–Kier alpha value is -5.74. The summed E-state index contributed by atoms with van der Waals surface area (Å²) in [5.74, 6) is 0. The van der Waals surface area contributed by atoms with Crippen LogP contribution in [0, 0.1) is 0 Å². The molecule has 0 spiro atoms. The zero-order chi connectivity index (χ0) is 32.3. The van der Waals surface area contributed by atoms with Crippen molar-refractivity contribution in [2.24, 2.45) is 0 Å². The van der Waals surface area contributed by atoms with Crippen LogP contribution in [0.15, 0.2) is 176 Å². The van der Waals surface area contributed by atoms with Crippen molar-refractivity contribution >= 4 is 90.9 Å². The summed E-state index contributed by atoms with van der Waals surface area (Å²) in [6, 6.07) is 64.3. The van der Waals surface area contributed by atoms with Gasteiger partial charge in [-0.2, -0.15) is 0 Å². The number of benzene rings is 8. The maximum Gasteiger partial charge on any atom is 0.0640 e. The van der Waals surface area contributed by atoms with Crippen molar-refractivity contribution in [2.45, 2.75) is 0 Å². The third-order valence-electron chi connectivity index (χ3n) is 9.67. The quantitative estimate of drug-likeness (QED) is 0.178. The fourth-order valence-corrected chi connectivity index (χ4v) is 9.78. The lowest BCUT2D eigenvalue weighted by Gasteiger charge is -2.27. The third kappa shape index (κ3) is 4.66. The minimum Gasteiger partial charge on any atom is -0.308 e. The summed E-state index contributed by atoms with van der Waals surface area (Å²) in [5.41, 5.74) is 8.45. The van der Waals surface area contributed by atoms with Gasteiger partial charge < -0.3 is 4.90 Å². The Labute approximate surface area is 292 Å². The minimum atomic E-state index is 1.14. The molecule has 2 aromatic heterocycles. The van der Waals surface area contributed by atoms with Crippen LogP contribution in [0.2, 0.25) is 0 Å². The largest absolute Gasteiger partial charge is 0.308 e. The number of thiophene rings is 2. The second-order valence-electron chi connectivity index (χ2n) is 12.5. The van der Waals surface area contributed by atoms with E-state index in [0.29, 0.717) is 0 Å². The Kier molecular flexibility index (Phi) is 6.61. The lowest BCUT2D eigenvalue weighted by molar-refractivity contribution is 1.32. The van der Waals surface area contributed by atoms with Crippen molar-refractivity contribution < 1.29 is 0 Å². The van der Waals surface area contributed by atoms with Crippen LogP contribution < -0.4 is 4.90 Å². The van der Waals surface area contributed by atoms with Gasteiger partial charge in [-0.25, -0.2) is 0 Å². The summed E-state index contributed by atoms with van der Waals surface area (Å²) in [4.78, 5) is 2.48. The van der Waals surface area contributed by atoms with E-state index in [1.54, 1.807) is 0 Å². The van der Waals surface area contributed by atoms with E-state index in [0.717, 1.165) is 5.69 Å². The molecule has 0 amide bonds. The molecule has 10 rings (SSSR count). The van der Waals surface area contributed by atoms with Crippen molar-refractivity contribution in [3.8, 4) is 22.3 Å². The summed E-state index contributed by atoms with van der Waals surface area (Å²) in [6.07, 6.45) is 0. The van der Waals surface area contributed by atoms with Crippen LogP contribution in [0.3, 0.4) is 0 Å². The molecular formula is C46H29NS2. The van der Waals surface area contributed by atoms with Gasteiger partial charge in [0.05, 0.1) is 20.8 Å². The summed E-state index contributed by atoms with van der Waals surface area (Å²) in [5, 5.41) is 7.76. The van der Waals surface area contributed by atoms with E-state index in [1.807, 2.05) is 22.7 Å². The molecule has 0 aliphatic heterocycles. The first-order valence-corrected chi connectivity index (χ1v) is 18.2. The van der Waals surface area contributed by atoms with Gasteiger partial charge in [-0.1, -0.05) is 133 Å². The Bertz CT molecular complexity index is 2720. The molecule has 0 saturated carbocycles. The molecule has 230 valence electrons. The molecule has 0 saturated heterocycles. The topological polar surface area (TPSA) is 3.24 Å². The van der Waals surface area contributed by atoms with Crippen molar-refractivity contribution in [2.75, 3.05) is 4.90 Å². The van der Waals surface area contributed by atoms with Crippen molar-refractivity contribution in [3.05, 3.63) is 176 Å². The minimum absolute atomic E-state index is 1.14. The lowest BCUT2D eigenvalue weighted by atomic mass is 9.95. The van der Waals surface area contributed by atoms with Crippen LogP contribution in [-0.4, -0.2) is 0 Å². The van der Waals surface area contributed by atoms with Crippen molar-refractivity contribution in [1.82, 2.24) is 0 Å². The second-order valence-corrected chi connectivity index (χ2v) is 14.6. The van der Waals surface area contributed by atoms with Gasteiger partial charge in [0.15, 0.2) is 0 Å². The van der Waals surface area contributed by atoms with Crippen molar-refractivity contribution in [1.29, 1.82) is 0 Å². The molecule has 0 unspecified atom stereocenters. The first kappa shape index (κ1) is 28.3. The summed E-state index contributed by atoms with van der Waals surface area (Å²) in [7, 11) is 0. The maximum absolute atomic E-state index is 2.48. The zero-order valence-electron chi connectivity index (χ0n) is 26.5. The van der Waals surface area contributed by atoms with Gasteiger partial charge in [0, 0.05) is 36.6 Å². The van der Waals surface area contributed by atoms with E-state index < -0.39 is 0 Å². The monoisotopic (exact) mass is 659 g/mol. The van der Waals surface area contributed by atoms with E-state index in [9.17, 15) is 0 Å². The van der Waals surface area contributed by atoms with Gasteiger partial charge in [0.25, 0.3) is 0 Å². The molecular weight excluding hydrogens is 631 g/mol. The molecule has 8 aromatic carbocycles. The van der Waals surface area contributed by atoms with Crippen LogP contribution in [0.5, 0.6) is 0 Å². The highest BCUT2D eigenvalue weighted by atomic mass is 32.1. The Morgan fingerprint density at radius 1 is 0.347 bits per heavy atom. The molecule has 10 aromatic rings. The Balaban J connectivity index is 1.14. The van der Waals surface area contributed by atoms with E-state index >= 15 is 0 Å². The van der Waals surface area contributed by atoms with E-state index in [2.05, 4.69) is 181 Å². The molecule has 0 fully saturated rings. The van der Waals surface area contributed by atoms with Crippen LogP contribution in [0.1, 0.15) is 0 Å². The first-order chi connectivity index (χ1) is 24.3. The number of hydrogen-bond acceptors (Lipinski definition) is 3. The molecule has 0 aliphatic carbocycles. The molecule has 3 heteroatoms. The normalized spacial score (nSPS) is 11.7. The average Bonchev–Trinajstić information content (AvgIpc) is 3.75. The number of hydrogen-bond donors (Lipinski definition) is 0. The smallest absolute Gasteiger partial charge is 0.0640 e. The number of nitrogens with zero attached hydrogens (tertiary/aromatic N) is 1. The molecule has 0 bridgehead atoms. The van der Waals surface area contributed by atoms with Gasteiger partial charge in [-0.15, -0.1) is 22.7 Å². The molecule has 0 radical (unpaired) electrons. The number of rotatable bonds is 5. The van der Waals surface area contributed by atoms with Gasteiger partial charge >= 0.3 is 0 Å². The Morgan fingerprint density at radius 3 is 1.53 bits per heavy atom. The maximum atomic E-state index is 2.48. The summed E-state index contributed by atoms with van der Waals surface area (Å²) < 4.78 is 5.22. The van der Waals surface area contributed by atoms with Gasteiger partial charge in [-0.05, 0) is 75.5 Å². The number of fused-ring (bicyclic) bond motifs is 7. The number of anilines is 3. The molecule has 0 aliphatic rings. The third-order valence-corrected chi connectivity index (χ3v) is 12.1. The fourth-order valence-electron chi connectivity index (χ4n) is 7.37. The summed E-state index contributed by atoms with van der Waals surface area (Å²) in [6.45, 7) is 0. The van der Waals surface area contributed by atoms with E-state index in [-0.39, 0.29) is 0 Å². The zero-order valence-corrected chi connectivity index (χ0v) is 28.1. The molecule has 2 heterocycles. The second kappa shape index (κ2) is 11.5. The van der Waals surface area contributed by atoms with Crippen LogP contribution in [0.4, 0.5) is 17.1 Å². The highest BCUT2D eigenvalue weighted by molar-refractivity contribution is 7.27. The van der Waals surface area contributed by atoms with Gasteiger partial charge in [-0.3, -0.25) is 0 Å². The van der Waals surface area contributed by atoms with Crippen LogP contribution >= 0.6 is 22.7 Å². The fraction of sp³-hybridized carbons (Fsp3) is 0. The van der Waals surface area contributed by atoms with Gasteiger partial charge in [0.1, 0.15) is 0 Å².